The van der Waals surface area contributed by atoms with Gasteiger partial charge in [-0.15, -0.1) is 0 Å². The summed E-state index contributed by atoms with van der Waals surface area (Å²) in [5, 5.41) is 6.09. The van der Waals surface area contributed by atoms with Gasteiger partial charge in [0.05, 0.1) is 5.92 Å². The number of carbonyl (C=O) groups is 1. The third kappa shape index (κ3) is 4.57. The minimum atomic E-state index is 0.156. The molecular weight excluding hydrogens is 288 g/mol. The lowest BCUT2D eigenvalue weighted by molar-refractivity contribution is -0.126. The van der Waals surface area contributed by atoms with Crippen LogP contribution < -0.4 is 15.4 Å². The number of hydrogen-bond acceptors (Lipinski definition) is 3. The molecule has 23 heavy (non-hydrogen) atoms. The van der Waals surface area contributed by atoms with Gasteiger partial charge in [-0.1, -0.05) is 42.5 Å². The van der Waals surface area contributed by atoms with Crippen molar-refractivity contribution in [3.8, 4) is 5.75 Å². The first-order valence-electron chi connectivity index (χ1n) is 8.05. The average molecular weight is 310 g/mol. The first-order chi connectivity index (χ1) is 11.3. The molecule has 0 aliphatic carbocycles. The van der Waals surface area contributed by atoms with Gasteiger partial charge in [0, 0.05) is 19.6 Å². The third-order valence-electron chi connectivity index (χ3n) is 4.04. The minimum absolute atomic E-state index is 0.156. The van der Waals surface area contributed by atoms with Crippen LogP contribution in [0.25, 0.3) is 0 Å². The Bertz CT molecular complexity index is 622. The highest BCUT2D eigenvalue weighted by molar-refractivity contribution is 5.79. The van der Waals surface area contributed by atoms with Crippen molar-refractivity contribution < 1.29 is 9.53 Å². The van der Waals surface area contributed by atoms with Gasteiger partial charge in [0.25, 0.3) is 0 Å². The average Bonchev–Trinajstić information content (AvgIpc) is 2.53. The molecule has 0 unspecified atom stereocenters. The number of ether oxygens (including phenoxy) is 1. The second-order valence-corrected chi connectivity index (χ2v) is 5.81. The van der Waals surface area contributed by atoms with Crippen LogP contribution in [0.1, 0.15) is 11.1 Å². The Balaban J connectivity index is 1.40. The summed E-state index contributed by atoms with van der Waals surface area (Å²) in [6, 6.07) is 18.2. The van der Waals surface area contributed by atoms with Crippen molar-refractivity contribution in [1.82, 2.24) is 10.6 Å². The fourth-order valence-corrected chi connectivity index (χ4v) is 2.44. The number of amides is 1. The molecule has 0 spiro atoms. The zero-order chi connectivity index (χ0) is 15.9. The normalized spacial score (nSPS) is 14.1. The van der Waals surface area contributed by atoms with Crippen molar-refractivity contribution in [1.29, 1.82) is 0 Å². The van der Waals surface area contributed by atoms with Crippen molar-refractivity contribution in [3.63, 3.8) is 0 Å². The highest BCUT2D eigenvalue weighted by Crippen LogP contribution is 2.14. The summed E-state index contributed by atoms with van der Waals surface area (Å²) >= 11 is 0. The Morgan fingerprint density at radius 1 is 1.04 bits per heavy atom. The molecule has 1 saturated heterocycles. The van der Waals surface area contributed by atoms with E-state index in [0.717, 1.165) is 30.8 Å². The molecule has 0 aromatic heterocycles. The van der Waals surface area contributed by atoms with Gasteiger partial charge < -0.3 is 15.4 Å². The van der Waals surface area contributed by atoms with Gasteiger partial charge in [-0.25, -0.2) is 0 Å². The van der Waals surface area contributed by atoms with E-state index in [9.17, 15) is 4.79 Å². The Kier molecular flexibility index (Phi) is 5.27. The molecular formula is C19H22N2O2. The molecule has 1 aliphatic rings. The zero-order valence-corrected chi connectivity index (χ0v) is 13.1. The summed E-state index contributed by atoms with van der Waals surface area (Å²) in [4.78, 5) is 11.7. The summed E-state index contributed by atoms with van der Waals surface area (Å²) in [7, 11) is 0. The van der Waals surface area contributed by atoms with E-state index in [1.807, 2.05) is 30.3 Å². The molecule has 3 rings (SSSR count). The lowest BCUT2D eigenvalue weighted by Gasteiger charge is -2.25. The van der Waals surface area contributed by atoms with Crippen molar-refractivity contribution in [2.75, 3.05) is 19.6 Å². The molecule has 1 fully saturated rings. The van der Waals surface area contributed by atoms with Crippen molar-refractivity contribution >= 4 is 5.91 Å². The molecule has 0 radical (unpaired) electrons. The van der Waals surface area contributed by atoms with Gasteiger partial charge >= 0.3 is 0 Å². The lowest BCUT2D eigenvalue weighted by atomic mass is 10.0. The molecule has 2 aromatic rings. The van der Waals surface area contributed by atoms with Gasteiger partial charge in [0.2, 0.25) is 5.91 Å². The fraction of sp³-hybridized carbons (Fsp3) is 0.316. The highest BCUT2D eigenvalue weighted by atomic mass is 16.5. The summed E-state index contributed by atoms with van der Waals surface area (Å²) < 4.78 is 5.77. The largest absolute Gasteiger partial charge is 0.489 e. The van der Waals surface area contributed by atoms with Crippen LogP contribution in [0.15, 0.2) is 54.6 Å². The first-order valence-corrected chi connectivity index (χ1v) is 8.05. The molecule has 0 atom stereocenters. The van der Waals surface area contributed by atoms with Crippen LogP contribution in [0.3, 0.4) is 0 Å². The van der Waals surface area contributed by atoms with Crippen molar-refractivity contribution in [3.05, 3.63) is 65.7 Å². The van der Waals surface area contributed by atoms with E-state index in [4.69, 9.17) is 4.74 Å². The Labute approximate surface area is 136 Å². The monoisotopic (exact) mass is 310 g/mol. The van der Waals surface area contributed by atoms with Crippen LogP contribution in [0, 0.1) is 5.92 Å². The van der Waals surface area contributed by atoms with Crippen LogP contribution in [0.4, 0.5) is 0 Å². The topological polar surface area (TPSA) is 50.4 Å². The van der Waals surface area contributed by atoms with Crippen LogP contribution in [0.5, 0.6) is 5.75 Å². The van der Waals surface area contributed by atoms with E-state index in [2.05, 4.69) is 34.9 Å². The van der Waals surface area contributed by atoms with Gasteiger partial charge in [0.15, 0.2) is 0 Å². The smallest absolute Gasteiger partial charge is 0.225 e. The molecule has 0 bridgehead atoms. The molecule has 120 valence electrons. The number of carbonyl (C=O) groups excluding carboxylic acids is 1. The molecule has 4 heteroatoms. The van der Waals surface area contributed by atoms with Crippen LogP contribution in [0.2, 0.25) is 0 Å². The van der Waals surface area contributed by atoms with Crippen LogP contribution >= 0.6 is 0 Å². The van der Waals surface area contributed by atoms with E-state index in [1.54, 1.807) is 0 Å². The third-order valence-corrected chi connectivity index (χ3v) is 4.04. The van der Waals surface area contributed by atoms with Crippen LogP contribution in [-0.4, -0.2) is 25.5 Å². The highest BCUT2D eigenvalue weighted by Gasteiger charge is 2.23. The predicted octanol–water partition coefficient (Wildman–Crippen LogP) is 2.14. The molecule has 1 aliphatic heterocycles. The number of rotatable bonds is 7. The molecule has 2 aromatic carbocycles. The van der Waals surface area contributed by atoms with Gasteiger partial charge in [-0.2, -0.15) is 0 Å². The molecule has 0 saturated carbocycles. The van der Waals surface area contributed by atoms with E-state index < -0.39 is 0 Å². The molecule has 1 heterocycles. The van der Waals surface area contributed by atoms with E-state index in [1.165, 1.54) is 5.56 Å². The number of benzene rings is 2. The Hall–Kier alpha value is -2.33. The summed E-state index contributed by atoms with van der Waals surface area (Å²) in [6.45, 7) is 2.86. The Morgan fingerprint density at radius 2 is 1.78 bits per heavy atom. The molecule has 4 nitrogen and oxygen atoms in total. The van der Waals surface area contributed by atoms with Gasteiger partial charge in [-0.3, -0.25) is 4.79 Å². The van der Waals surface area contributed by atoms with Gasteiger partial charge in [-0.05, 0) is 29.7 Å². The summed E-state index contributed by atoms with van der Waals surface area (Å²) in [6.07, 6.45) is 0.838. The molecule has 1 amide bonds. The fourth-order valence-electron chi connectivity index (χ4n) is 2.44. The minimum Gasteiger partial charge on any atom is -0.489 e. The van der Waals surface area contributed by atoms with Gasteiger partial charge in [0.1, 0.15) is 12.4 Å². The lowest BCUT2D eigenvalue weighted by Crippen LogP contribution is -2.51. The summed E-state index contributed by atoms with van der Waals surface area (Å²) in [5.74, 6) is 1.18. The van der Waals surface area contributed by atoms with E-state index in [-0.39, 0.29) is 11.8 Å². The standard InChI is InChI=1S/C19H22N2O2/c22-19(17-12-20-13-17)21-11-10-15-6-8-18(9-7-15)23-14-16-4-2-1-3-5-16/h1-9,17,20H,10-14H2,(H,21,22). The SMILES string of the molecule is O=C(NCCc1ccc(OCc2ccccc2)cc1)C1CNC1. The second-order valence-electron chi connectivity index (χ2n) is 5.81. The van der Waals surface area contributed by atoms with Crippen molar-refractivity contribution in [2.24, 2.45) is 5.92 Å². The summed E-state index contributed by atoms with van der Waals surface area (Å²) in [5.41, 5.74) is 2.36. The van der Waals surface area contributed by atoms with E-state index in [0.29, 0.717) is 13.2 Å². The first kappa shape index (κ1) is 15.6. The Morgan fingerprint density at radius 3 is 2.43 bits per heavy atom. The second kappa shape index (κ2) is 7.79. The zero-order valence-electron chi connectivity index (χ0n) is 13.1. The quantitative estimate of drug-likeness (QED) is 0.824. The number of hydrogen-bond donors (Lipinski definition) is 2. The number of nitrogens with one attached hydrogen (secondary N) is 2. The van der Waals surface area contributed by atoms with Crippen molar-refractivity contribution in [2.45, 2.75) is 13.0 Å². The maximum atomic E-state index is 11.7. The maximum absolute atomic E-state index is 11.7. The predicted molar refractivity (Wildman–Crippen MR) is 90.3 cm³/mol. The van der Waals surface area contributed by atoms with E-state index >= 15 is 0 Å². The maximum Gasteiger partial charge on any atom is 0.225 e. The molecule has 2 N–H and O–H groups in total. The van der Waals surface area contributed by atoms with Crippen LogP contribution in [-0.2, 0) is 17.8 Å².